The number of nitrogens with zero attached hydrogens (tertiary/aromatic N) is 2. The smallest absolute Gasteiger partial charge is 0.274 e. The second-order valence-corrected chi connectivity index (χ2v) is 4.47. The van der Waals surface area contributed by atoms with Crippen molar-refractivity contribution >= 4 is 11.6 Å². The molecular formula is C15H16FN3O2. The summed E-state index contributed by atoms with van der Waals surface area (Å²) in [5, 5.41) is 0. The van der Waals surface area contributed by atoms with E-state index in [1.54, 1.807) is 31.3 Å². The summed E-state index contributed by atoms with van der Waals surface area (Å²) >= 11 is 0. The Morgan fingerprint density at radius 2 is 2.19 bits per heavy atom. The Morgan fingerprint density at radius 3 is 2.90 bits per heavy atom. The van der Waals surface area contributed by atoms with Crippen LogP contribution < -0.4 is 10.5 Å². The topological polar surface area (TPSA) is 68.5 Å². The van der Waals surface area contributed by atoms with Crippen LogP contribution in [-0.2, 0) is 0 Å². The lowest BCUT2D eigenvalue weighted by molar-refractivity contribution is 0.0769. The SMILES string of the molecule is CN(CCOc1cccc(F)c1)C(=O)c1ncccc1N. The lowest BCUT2D eigenvalue weighted by atomic mass is 10.2. The fourth-order valence-corrected chi connectivity index (χ4v) is 1.74. The van der Waals surface area contributed by atoms with Crippen molar-refractivity contribution in [3.63, 3.8) is 0 Å². The number of anilines is 1. The number of halogens is 1. The molecule has 1 aromatic heterocycles. The van der Waals surface area contributed by atoms with Gasteiger partial charge in [-0.3, -0.25) is 4.79 Å². The van der Waals surface area contributed by atoms with Gasteiger partial charge in [-0.15, -0.1) is 0 Å². The number of amides is 1. The maximum atomic E-state index is 13.0. The zero-order valence-corrected chi connectivity index (χ0v) is 11.6. The molecule has 0 saturated heterocycles. The highest BCUT2D eigenvalue weighted by Gasteiger charge is 2.15. The van der Waals surface area contributed by atoms with Gasteiger partial charge in [-0.1, -0.05) is 6.07 Å². The minimum absolute atomic E-state index is 0.214. The maximum Gasteiger partial charge on any atom is 0.274 e. The van der Waals surface area contributed by atoms with Gasteiger partial charge >= 0.3 is 0 Å². The summed E-state index contributed by atoms with van der Waals surface area (Å²) in [4.78, 5) is 17.6. The van der Waals surface area contributed by atoms with Crippen molar-refractivity contribution in [3.8, 4) is 5.75 Å². The molecule has 0 saturated carbocycles. The second kappa shape index (κ2) is 6.69. The van der Waals surface area contributed by atoms with Crippen molar-refractivity contribution in [1.82, 2.24) is 9.88 Å². The molecule has 0 aliphatic rings. The molecule has 2 aromatic rings. The summed E-state index contributed by atoms with van der Waals surface area (Å²) in [5.41, 5.74) is 6.26. The lowest BCUT2D eigenvalue weighted by Crippen LogP contribution is -2.32. The van der Waals surface area contributed by atoms with Crippen molar-refractivity contribution in [2.24, 2.45) is 0 Å². The zero-order valence-electron chi connectivity index (χ0n) is 11.6. The molecule has 2 rings (SSSR count). The number of nitrogen functional groups attached to an aromatic ring is 1. The number of likely N-dealkylation sites (N-methyl/N-ethyl adjacent to an activating group) is 1. The van der Waals surface area contributed by atoms with Crippen molar-refractivity contribution < 1.29 is 13.9 Å². The van der Waals surface area contributed by atoms with Gasteiger partial charge in [0, 0.05) is 19.3 Å². The fourth-order valence-electron chi connectivity index (χ4n) is 1.74. The third-order valence-electron chi connectivity index (χ3n) is 2.88. The largest absolute Gasteiger partial charge is 0.492 e. The number of nitrogens with two attached hydrogens (primary N) is 1. The van der Waals surface area contributed by atoms with E-state index in [-0.39, 0.29) is 24.0 Å². The van der Waals surface area contributed by atoms with Gasteiger partial charge < -0.3 is 15.4 Å². The van der Waals surface area contributed by atoms with E-state index < -0.39 is 0 Å². The molecular weight excluding hydrogens is 273 g/mol. The number of rotatable bonds is 5. The van der Waals surface area contributed by atoms with E-state index in [1.807, 2.05) is 0 Å². The highest BCUT2D eigenvalue weighted by atomic mass is 19.1. The van der Waals surface area contributed by atoms with Crippen LogP contribution in [0.5, 0.6) is 5.75 Å². The Labute approximate surface area is 122 Å². The predicted octanol–water partition coefficient (Wildman–Crippen LogP) is 1.95. The van der Waals surface area contributed by atoms with Crippen LogP contribution in [0.15, 0.2) is 42.6 Å². The molecule has 0 spiro atoms. The van der Waals surface area contributed by atoms with E-state index in [1.165, 1.54) is 23.2 Å². The normalized spacial score (nSPS) is 10.2. The van der Waals surface area contributed by atoms with Gasteiger partial charge in [-0.05, 0) is 24.3 Å². The molecule has 0 atom stereocenters. The lowest BCUT2D eigenvalue weighted by Gasteiger charge is -2.17. The average molecular weight is 289 g/mol. The molecule has 0 aliphatic carbocycles. The van der Waals surface area contributed by atoms with Gasteiger partial charge in [0.15, 0.2) is 5.69 Å². The molecule has 1 heterocycles. The van der Waals surface area contributed by atoms with E-state index in [0.717, 1.165) is 0 Å². The van der Waals surface area contributed by atoms with Crippen LogP contribution in [0.4, 0.5) is 10.1 Å². The Kier molecular flexibility index (Phi) is 4.71. The summed E-state index contributed by atoms with van der Waals surface area (Å²) in [5.74, 6) is -0.220. The van der Waals surface area contributed by atoms with Crippen LogP contribution in [0.3, 0.4) is 0 Å². The molecule has 6 heteroatoms. The van der Waals surface area contributed by atoms with Crippen LogP contribution in [0.25, 0.3) is 0 Å². The van der Waals surface area contributed by atoms with Crippen LogP contribution in [0, 0.1) is 5.82 Å². The molecule has 0 radical (unpaired) electrons. The quantitative estimate of drug-likeness (QED) is 0.913. The number of hydrogen-bond acceptors (Lipinski definition) is 4. The number of benzene rings is 1. The summed E-state index contributed by atoms with van der Waals surface area (Å²) in [6, 6.07) is 9.14. The number of carbonyl (C=O) groups excluding carboxylic acids is 1. The van der Waals surface area contributed by atoms with Crippen LogP contribution >= 0.6 is 0 Å². The van der Waals surface area contributed by atoms with Crippen LogP contribution in [0.2, 0.25) is 0 Å². The van der Waals surface area contributed by atoms with Gasteiger partial charge in [0.25, 0.3) is 5.91 Å². The summed E-state index contributed by atoms with van der Waals surface area (Å²) < 4.78 is 18.4. The first kappa shape index (κ1) is 14.8. The van der Waals surface area contributed by atoms with Crippen LogP contribution in [-0.4, -0.2) is 36.0 Å². The monoisotopic (exact) mass is 289 g/mol. The Hall–Kier alpha value is -2.63. The van der Waals surface area contributed by atoms with Gasteiger partial charge in [0.1, 0.15) is 18.2 Å². The first-order chi connectivity index (χ1) is 10.1. The molecule has 0 aliphatic heterocycles. The number of hydrogen-bond donors (Lipinski definition) is 1. The van der Waals surface area contributed by atoms with E-state index >= 15 is 0 Å². The summed E-state index contributed by atoms with van der Waals surface area (Å²) in [6.07, 6.45) is 1.51. The second-order valence-electron chi connectivity index (χ2n) is 4.47. The standard InChI is InChI=1S/C15H16FN3O2/c1-19(15(20)14-13(17)6-3-7-18-14)8-9-21-12-5-2-4-11(16)10-12/h2-7,10H,8-9,17H2,1H3. The first-order valence-electron chi connectivity index (χ1n) is 6.42. The van der Waals surface area contributed by atoms with E-state index in [0.29, 0.717) is 18.0 Å². The molecule has 0 bridgehead atoms. The van der Waals surface area contributed by atoms with Gasteiger partial charge in [-0.25, -0.2) is 9.37 Å². The number of carbonyl (C=O) groups is 1. The molecule has 2 N–H and O–H groups in total. The average Bonchev–Trinajstić information content (AvgIpc) is 2.47. The summed E-state index contributed by atoms with van der Waals surface area (Å²) in [7, 11) is 1.63. The zero-order chi connectivity index (χ0) is 15.2. The molecule has 0 unspecified atom stereocenters. The van der Waals surface area contributed by atoms with Crippen LogP contribution in [0.1, 0.15) is 10.5 Å². The molecule has 1 aromatic carbocycles. The van der Waals surface area contributed by atoms with Crippen molar-refractivity contribution in [2.45, 2.75) is 0 Å². The molecule has 5 nitrogen and oxygen atoms in total. The number of ether oxygens (including phenoxy) is 1. The molecule has 1 amide bonds. The number of aromatic nitrogens is 1. The van der Waals surface area contributed by atoms with Gasteiger partial charge in [-0.2, -0.15) is 0 Å². The molecule has 21 heavy (non-hydrogen) atoms. The minimum Gasteiger partial charge on any atom is -0.492 e. The predicted molar refractivity (Wildman–Crippen MR) is 77.5 cm³/mol. The van der Waals surface area contributed by atoms with Gasteiger partial charge in [0.05, 0.1) is 12.2 Å². The first-order valence-corrected chi connectivity index (χ1v) is 6.42. The van der Waals surface area contributed by atoms with Crippen molar-refractivity contribution in [1.29, 1.82) is 0 Å². The highest BCUT2D eigenvalue weighted by Crippen LogP contribution is 2.12. The summed E-state index contributed by atoms with van der Waals surface area (Å²) in [6.45, 7) is 0.587. The number of pyridine rings is 1. The Morgan fingerprint density at radius 1 is 1.38 bits per heavy atom. The Bertz CT molecular complexity index is 634. The minimum atomic E-state index is -0.363. The maximum absolute atomic E-state index is 13.0. The molecule has 110 valence electrons. The van der Waals surface area contributed by atoms with E-state index in [4.69, 9.17) is 10.5 Å². The Balaban J connectivity index is 1.89. The van der Waals surface area contributed by atoms with Crippen molar-refractivity contribution in [2.75, 3.05) is 25.9 Å². The third kappa shape index (κ3) is 3.92. The van der Waals surface area contributed by atoms with Crippen molar-refractivity contribution in [3.05, 3.63) is 54.1 Å². The fraction of sp³-hybridized carbons (Fsp3) is 0.200. The third-order valence-corrected chi connectivity index (χ3v) is 2.88. The van der Waals surface area contributed by atoms with E-state index in [9.17, 15) is 9.18 Å². The highest BCUT2D eigenvalue weighted by molar-refractivity contribution is 5.96. The van der Waals surface area contributed by atoms with E-state index in [2.05, 4.69) is 4.98 Å². The molecule has 0 fully saturated rings. The van der Waals surface area contributed by atoms with Gasteiger partial charge in [0.2, 0.25) is 0 Å².